The van der Waals surface area contributed by atoms with Gasteiger partial charge in [0.2, 0.25) is 0 Å². The molecule has 6 rings (SSSR count). The summed E-state index contributed by atoms with van der Waals surface area (Å²) in [5.41, 5.74) is 7.86. The van der Waals surface area contributed by atoms with E-state index in [0.29, 0.717) is 0 Å². The Morgan fingerprint density at radius 3 is 1.19 bits per heavy atom. The van der Waals surface area contributed by atoms with Gasteiger partial charge in [0.1, 0.15) is 0 Å². The van der Waals surface area contributed by atoms with Crippen molar-refractivity contribution in [3.05, 3.63) is 99.1 Å². The zero-order valence-electron chi connectivity index (χ0n) is 16.8. The fourth-order valence-electron chi connectivity index (χ4n) is 3.36. The van der Waals surface area contributed by atoms with Crippen LogP contribution in [0.1, 0.15) is 22.8 Å². The van der Waals surface area contributed by atoms with Crippen LogP contribution in [0.25, 0.3) is 46.4 Å². The van der Waals surface area contributed by atoms with Gasteiger partial charge in [-0.25, -0.2) is 9.97 Å². The molecule has 32 heavy (non-hydrogen) atoms. The third-order valence-corrected chi connectivity index (χ3v) is 5.85. The summed E-state index contributed by atoms with van der Waals surface area (Å²) >= 11 is 7.25. The summed E-state index contributed by atoms with van der Waals surface area (Å²) in [6.07, 6.45) is 8.09. The monoisotopic (exact) mass is 576 g/mol. The fourth-order valence-corrected chi connectivity index (χ4v) is 3.88. The van der Waals surface area contributed by atoms with Crippen LogP contribution < -0.4 is 4.46 Å². The van der Waals surface area contributed by atoms with Crippen molar-refractivity contribution in [1.29, 1.82) is 0 Å². The molecule has 2 aliphatic rings. The van der Waals surface area contributed by atoms with Crippen LogP contribution in [-0.4, -0.2) is 19.9 Å². The first-order valence-electron chi connectivity index (χ1n) is 10.0. The van der Waals surface area contributed by atoms with Gasteiger partial charge < -0.3 is 9.97 Å². The molecule has 4 nitrogen and oxygen atoms in total. The van der Waals surface area contributed by atoms with Gasteiger partial charge >= 0.3 is 70.9 Å². The van der Waals surface area contributed by atoms with Gasteiger partial charge in [-0.15, -0.1) is 0 Å². The molecule has 0 unspecified atom stereocenters. The number of aromatic nitrogens is 4. The number of aromatic amines is 2. The number of nitrogens with zero attached hydrogens (tertiary/aromatic N) is 2. The molecule has 0 spiro atoms. The Morgan fingerprint density at radius 1 is 0.531 bits per heavy atom. The molecule has 0 aliphatic carbocycles. The van der Waals surface area contributed by atoms with Gasteiger partial charge in [0.05, 0.1) is 22.8 Å². The second-order valence-electron chi connectivity index (χ2n) is 7.30. The number of benzene rings is 1. The molecule has 3 aromatic heterocycles. The quantitative estimate of drug-likeness (QED) is 0.169. The maximum absolute atomic E-state index is 5.01. The molecule has 2 N–H and O–H groups in total. The summed E-state index contributed by atoms with van der Waals surface area (Å²) in [5.74, 6) is 0. The first kappa shape index (κ1) is 20.9. The Balaban J connectivity index is 0.000000230. The number of hydrogen-bond donors (Lipinski definition) is 2. The molecule has 0 amide bonds. The van der Waals surface area contributed by atoms with E-state index in [9.17, 15) is 0 Å². The Kier molecular flexibility index (Phi) is 6.08. The number of fused-ring (bicyclic) bond motifs is 8. The normalized spacial score (nSPS) is 11.8. The molecule has 0 fully saturated rings. The Morgan fingerprint density at radius 2 is 0.875 bits per heavy atom. The summed E-state index contributed by atoms with van der Waals surface area (Å²) < 4.78 is 2.12. The van der Waals surface area contributed by atoms with Crippen molar-refractivity contribution in [3.8, 4) is 0 Å². The van der Waals surface area contributed by atoms with Crippen LogP contribution >= 0.6 is 22.6 Å². The van der Waals surface area contributed by atoms with E-state index in [1.807, 2.05) is 72.8 Å². The third-order valence-electron chi connectivity index (χ3n) is 4.82. The minimum absolute atomic E-state index is 0.887. The molecule has 2 aliphatic heterocycles. The van der Waals surface area contributed by atoms with Crippen LogP contribution in [0.5, 0.6) is 0 Å². The summed E-state index contributed by atoms with van der Waals surface area (Å²) in [5, 5.41) is 0. The van der Waals surface area contributed by atoms with Crippen molar-refractivity contribution in [3.63, 3.8) is 0 Å². The van der Waals surface area contributed by atoms with E-state index in [0.717, 1.165) is 49.3 Å². The van der Waals surface area contributed by atoms with Crippen LogP contribution in [0.3, 0.4) is 0 Å². The Bertz CT molecular complexity index is 1300. The van der Waals surface area contributed by atoms with E-state index in [-0.39, 0.29) is 0 Å². The Labute approximate surface area is 207 Å². The van der Waals surface area contributed by atoms with Crippen LogP contribution in [0, 0.1) is 3.57 Å². The average Bonchev–Trinajstić information content (AvgIpc) is 3.57. The average molecular weight is 577 g/mol. The van der Waals surface area contributed by atoms with Crippen LogP contribution in [0.4, 0.5) is 0 Å². The van der Waals surface area contributed by atoms with E-state index >= 15 is 0 Å². The van der Waals surface area contributed by atoms with Gasteiger partial charge in [0.25, 0.3) is 0 Å². The fraction of sp³-hybridized carbons (Fsp3) is 0. The molecule has 5 heterocycles. The molecule has 4 aromatic rings. The van der Waals surface area contributed by atoms with Crippen molar-refractivity contribution in [2.24, 2.45) is 0 Å². The first-order valence-corrected chi connectivity index (χ1v) is 11.6. The van der Waals surface area contributed by atoms with Gasteiger partial charge in [-0.3, -0.25) is 0 Å². The van der Waals surface area contributed by atoms with Crippen molar-refractivity contribution in [2.75, 3.05) is 0 Å². The molecule has 0 radical (unpaired) electrons. The molecule has 0 saturated heterocycles. The molecule has 160 valence electrons. The number of nitrogens with one attached hydrogen (secondary N) is 2. The minimum atomic E-state index is 0.887. The summed E-state index contributed by atoms with van der Waals surface area (Å²) in [4.78, 5) is 16.0. The standard InChI is InChI=1S/C20H14N4.C6H4I.Cu/c1-2-14-10-16-5-6-18(23-16)12-20-8-7-19(24-20)11-17-4-3-15(22-17)9-13(1)21-14;7-6-4-2-1-3-5-6;/h1-12,21,24H;2-5H;. The zero-order valence-corrected chi connectivity index (χ0v) is 19.9. The molecule has 0 saturated carbocycles. The van der Waals surface area contributed by atoms with E-state index < -0.39 is 0 Å². The van der Waals surface area contributed by atoms with E-state index in [1.54, 1.807) is 0 Å². The van der Waals surface area contributed by atoms with Gasteiger partial charge in [0, 0.05) is 22.1 Å². The van der Waals surface area contributed by atoms with Gasteiger partial charge in [-0.05, 0) is 72.8 Å². The predicted octanol–water partition coefficient (Wildman–Crippen LogP) is 6.12. The molecular formula is C26H18CuIN4. The third kappa shape index (κ3) is 5.27. The molecule has 1 aromatic carbocycles. The number of halogens is 1. The van der Waals surface area contributed by atoms with E-state index in [2.05, 4.69) is 66.8 Å². The summed E-state index contributed by atoms with van der Waals surface area (Å²) in [6.45, 7) is 0. The SMILES string of the molecule is C1=Cc2cc3ccc(cc4nc(cc5ccc(cc1n2)[nH]5)C=C4)[nH]3.[Cu][c]1ccc(I)cc1. The van der Waals surface area contributed by atoms with Gasteiger partial charge in [0.15, 0.2) is 0 Å². The Hall–Kier alpha value is -2.93. The van der Waals surface area contributed by atoms with Crippen LogP contribution in [0.15, 0.2) is 72.8 Å². The van der Waals surface area contributed by atoms with Crippen molar-refractivity contribution in [1.82, 2.24) is 19.9 Å². The zero-order chi connectivity index (χ0) is 21.9. The first-order chi connectivity index (χ1) is 15.6. The van der Waals surface area contributed by atoms with E-state index in [1.165, 1.54) is 3.57 Å². The van der Waals surface area contributed by atoms with Crippen molar-refractivity contribution >= 4 is 73.4 Å². The predicted molar refractivity (Wildman–Crippen MR) is 138 cm³/mol. The number of H-pyrrole nitrogens is 2. The second-order valence-corrected chi connectivity index (χ2v) is 9.09. The molecule has 0 atom stereocenters. The summed E-state index contributed by atoms with van der Waals surface area (Å²) in [7, 11) is 0. The van der Waals surface area contributed by atoms with Crippen LogP contribution in [0.2, 0.25) is 0 Å². The molecule has 6 heteroatoms. The van der Waals surface area contributed by atoms with Crippen molar-refractivity contribution < 1.29 is 16.0 Å². The number of hydrogen-bond acceptors (Lipinski definition) is 2. The topological polar surface area (TPSA) is 57.4 Å². The maximum atomic E-state index is 5.01. The van der Waals surface area contributed by atoms with Crippen LogP contribution in [-0.2, 0) is 16.0 Å². The van der Waals surface area contributed by atoms with Gasteiger partial charge in [-0.2, -0.15) is 0 Å². The second kappa shape index (κ2) is 9.28. The number of rotatable bonds is 0. The van der Waals surface area contributed by atoms with Crippen molar-refractivity contribution in [2.45, 2.75) is 0 Å². The molecular weight excluding hydrogens is 559 g/mol. The molecule has 8 bridgehead atoms. The summed E-state index contributed by atoms with van der Waals surface area (Å²) in [6, 6.07) is 24.2. The van der Waals surface area contributed by atoms with Gasteiger partial charge in [-0.1, -0.05) is 0 Å². The van der Waals surface area contributed by atoms with E-state index in [4.69, 9.17) is 16.0 Å².